The molecule has 2 bridgehead atoms. The maximum atomic E-state index is 12.4. The number of fused-ring (bicyclic) bond motifs is 2. The molecule has 2 saturated heterocycles. The van der Waals surface area contributed by atoms with Crippen molar-refractivity contribution in [3.05, 3.63) is 0 Å². The molecule has 0 aliphatic carbocycles. The van der Waals surface area contributed by atoms with Crippen LogP contribution in [-0.4, -0.2) is 39.6 Å². The molecule has 0 aromatic rings. The lowest BCUT2D eigenvalue weighted by Crippen LogP contribution is -2.53. The van der Waals surface area contributed by atoms with Gasteiger partial charge in [-0.15, -0.1) is 0 Å². The third-order valence-corrected chi connectivity index (χ3v) is 5.06. The zero-order chi connectivity index (χ0) is 14.2. The summed E-state index contributed by atoms with van der Waals surface area (Å²) in [6, 6.07) is -0.0769. The van der Waals surface area contributed by atoms with E-state index in [1.54, 1.807) is 4.90 Å². The molecule has 0 saturated carbocycles. The fraction of sp³-hybridized carbons (Fsp3) is 0.857. The number of carboxylic acids is 1. The van der Waals surface area contributed by atoms with Gasteiger partial charge in [-0.25, -0.2) is 4.79 Å². The quantitative estimate of drug-likeness (QED) is 0.821. The smallest absolute Gasteiger partial charge is 0.318 e. The molecule has 5 heteroatoms. The number of carbonyl (C=O) groups is 2. The molecule has 3 atom stereocenters. The SMILES string of the molecule is CCC(C)(CC)NC(=O)N1C2CCC1C(C(=O)O)C2. The molecule has 2 aliphatic rings. The summed E-state index contributed by atoms with van der Waals surface area (Å²) in [5, 5.41) is 12.3. The Bertz CT molecular complexity index is 379. The molecule has 3 unspecified atom stereocenters. The first-order valence-electron chi connectivity index (χ1n) is 7.25. The molecule has 2 aliphatic heterocycles. The molecule has 0 aromatic heterocycles. The van der Waals surface area contributed by atoms with Crippen molar-refractivity contribution < 1.29 is 14.7 Å². The van der Waals surface area contributed by atoms with Crippen molar-refractivity contribution in [1.82, 2.24) is 10.2 Å². The van der Waals surface area contributed by atoms with E-state index in [0.29, 0.717) is 6.42 Å². The number of urea groups is 1. The first-order valence-corrected chi connectivity index (χ1v) is 7.25. The van der Waals surface area contributed by atoms with E-state index in [9.17, 15) is 14.7 Å². The van der Waals surface area contributed by atoms with Gasteiger partial charge in [0.25, 0.3) is 0 Å². The van der Waals surface area contributed by atoms with E-state index >= 15 is 0 Å². The Balaban J connectivity index is 2.07. The predicted molar refractivity (Wildman–Crippen MR) is 71.9 cm³/mol. The molecule has 2 N–H and O–H groups in total. The van der Waals surface area contributed by atoms with Gasteiger partial charge in [0.1, 0.15) is 0 Å². The minimum absolute atomic E-state index is 0.0811. The molecule has 2 rings (SSSR count). The van der Waals surface area contributed by atoms with Gasteiger partial charge in [-0.2, -0.15) is 0 Å². The van der Waals surface area contributed by atoms with Gasteiger partial charge in [-0.3, -0.25) is 4.79 Å². The van der Waals surface area contributed by atoms with Crippen LogP contribution in [-0.2, 0) is 4.79 Å². The van der Waals surface area contributed by atoms with Gasteiger partial charge in [-0.1, -0.05) is 13.8 Å². The first-order chi connectivity index (χ1) is 8.91. The average Bonchev–Trinajstić information content (AvgIpc) is 2.95. The second-order valence-electron chi connectivity index (χ2n) is 6.08. The van der Waals surface area contributed by atoms with E-state index in [2.05, 4.69) is 19.2 Å². The average molecular weight is 268 g/mol. The van der Waals surface area contributed by atoms with Gasteiger partial charge in [0.05, 0.1) is 5.92 Å². The summed E-state index contributed by atoms with van der Waals surface area (Å²) in [6.45, 7) is 6.16. The van der Waals surface area contributed by atoms with E-state index < -0.39 is 5.97 Å². The van der Waals surface area contributed by atoms with Gasteiger partial charge in [0.15, 0.2) is 0 Å². The van der Waals surface area contributed by atoms with Crippen LogP contribution in [0.3, 0.4) is 0 Å². The molecule has 0 radical (unpaired) electrons. The fourth-order valence-electron chi connectivity index (χ4n) is 3.32. The summed E-state index contributed by atoms with van der Waals surface area (Å²) in [7, 11) is 0. The van der Waals surface area contributed by atoms with Crippen LogP contribution in [0.25, 0.3) is 0 Å². The van der Waals surface area contributed by atoms with Crippen molar-refractivity contribution in [2.24, 2.45) is 5.92 Å². The number of carboxylic acid groups (broad SMARTS) is 1. The molecule has 2 amide bonds. The van der Waals surface area contributed by atoms with Crippen LogP contribution < -0.4 is 5.32 Å². The molecule has 2 fully saturated rings. The summed E-state index contributed by atoms with van der Waals surface area (Å²) in [6.07, 6.45) is 4.13. The maximum Gasteiger partial charge on any atom is 0.318 e. The van der Waals surface area contributed by atoms with Crippen molar-refractivity contribution in [3.63, 3.8) is 0 Å². The number of rotatable bonds is 4. The molecular formula is C14H24N2O3. The Morgan fingerprint density at radius 1 is 1.32 bits per heavy atom. The third-order valence-electron chi connectivity index (χ3n) is 5.06. The van der Waals surface area contributed by atoms with Crippen molar-refractivity contribution in [2.45, 2.75) is 70.5 Å². The molecule has 0 spiro atoms. The summed E-state index contributed by atoms with van der Waals surface area (Å²) in [4.78, 5) is 25.4. The topological polar surface area (TPSA) is 69.6 Å². The number of hydrogen-bond donors (Lipinski definition) is 2. The summed E-state index contributed by atoms with van der Waals surface area (Å²) >= 11 is 0. The van der Waals surface area contributed by atoms with Gasteiger partial charge in [-0.05, 0) is 39.0 Å². The highest BCUT2D eigenvalue weighted by molar-refractivity contribution is 5.79. The van der Waals surface area contributed by atoms with Crippen LogP contribution in [0.1, 0.15) is 52.9 Å². The van der Waals surface area contributed by atoms with Crippen LogP contribution in [0, 0.1) is 5.92 Å². The zero-order valence-corrected chi connectivity index (χ0v) is 12.0. The van der Waals surface area contributed by atoms with Crippen LogP contribution in [0.5, 0.6) is 0 Å². The summed E-state index contributed by atoms with van der Waals surface area (Å²) in [5.41, 5.74) is -0.197. The molecule has 2 heterocycles. The number of carbonyl (C=O) groups excluding carboxylic acids is 1. The third kappa shape index (κ3) is 2.42. The van der Waals surface area contributed by atoms with Gasteiger partial charge < -0.3 is 15.3 Å². The zero-order valence-electron chi connectivity index (χ0n) is 12.0. The second-order valence-corrected chi connectivity index (χ2v) is 6.08. The Morgan fingerprint density at radius 2 is 1.95 bits per heavy atom. The number of nitrogens with one attached hydrogen (secondary N) is 1. The highest BCUT2D eigenvalue weighted by atomic mass is 16.4. The van der Waals surface area contributed by atoms with E-state index in [0.717, 1.165) is 25.7 Å². The molecule has 108 valence electrons. The van der Waals surface area contributed by atoms with Crippen molar-refractivity contribution in [2.75, 3.05) is 0 Å². The van der Waals surface area contributed by atoms with Crippen LogP contribution in [0.4, 0.5) is 4.79 Å². The molecule has 19 heavy (non-hydrogen) atoms. The number of hydrogen-bond acceptors (Lipinski definition) is 2. The first kappa shape index (κ1) is 14.2. The number of aliphatic carboxylic acids is 1. The van der Waals surface area contributed by atoms with Crippen molar-refractivity contribution >= 4 is 12.0 Å². The van der Waals surface area contributed by atoms with Gasteiger partial charge >= 0.3 is 12.0 Å². The Labute approximate surface area is 114 Å². The fourth-order valence-corrected chi connectivity index (χ4v) is 3.32. The predicted octanol–water partition coefficient (Wildman–Crippen LogP) is 2.21. The van der Waals surface area contributed by atoms with Gasteiger partial charge in [0.2, 0.25) is 0 Å². The Morgan fingerprint density at radius 3 is 2.42 bits per heavy atom. The number of amides is 2. The van der Waals surface area contributed by atoms with Crippen molar-refractivity contribution in [3.8, 4) is 0 Å². The lowest BCUT2D eigenvalue weighted by atomic mass is 9.89. The van der Waals surface area contributed by atoms with E-state index in [4.69, 9.17) is 0 Å². The molecular weight excluding hydrogens is 244 g/mol. The van der Waals surface area contributed by atoms with Crippen LogP contribution in [0.2, 0.25) is 0 Å². The van der Waals surface area contributed by atoms with Gasteiger partial charge in [0, 0.05) is 17.6 Å². The standard InChI is InChI=1S/C14H24N2O3/c1-4-14(3,5-2)15-13(19)16-9-6-7-11(16)10(8-9)12(17)18/h9-11H,4-8H2,1-3H3,(H,15,19)(H,17,18). The summed E-state index contributed by atoms with van der Waals surface area (Å²) < 4.78 is 0. The largest absolute Gasteiger partial charge is 0.481 e. The molecule has 0 aromatic carbocycles. The minimum Gasteiger partial charge on any atom is -0.481 e. The summed E-state index contributed by atoms with van der Waals surface area (Å²) in [5.74, 6) is -1.14. The lowest BCUT2D eigenvalue weighted by Gasteiger charge is -2.32. The molecule has 5 nitrogen and oxygen atoms in total. The monoisotopic (exact) mass is 268 g/mol. The minimum atomic E-state index is -0.765. The van der Waals surface area contributed by atoms with Crippen LogP contribution in [0.15, 0.2) is 0 Å². The van der Waals surface area contributed by atoms with E-state index in [-0.39, 0.29) is 29.6 Å². The Kier molecular flexibility index (Phi) is 3.74. The maximum absolute atomic E-state index is 12.4. The Hall–Kier alpha value is -1.26. The van der Waals surface area contributed by atoms with E-state index in [1.807, 2.05) is 6.92 Å². The number of nitrogens with zero attached hydrogens (tertiary/aromatic N) is 1. The van der Waals surface area contributed by atoms with Crippen LogP contribution >= 0.6 is 0 Å². The normalized spacial score (nSPS) is 29.6. The second kappa shape index (κ2) is 5.02. The lowest BCUT2D eigenvalue weighted by molar-refractivity contribution is -0.142. The van der Waals surface area contributed by atoms with E-state index in [1.165, 1.54) is 0 Å². The highest BCUT2D eigenvalue weighted by Gasteiger charge is 2.51. The highest BCUT2D eigenvalue weighted by Crippen LogP contribution is 2.42. The van der Waals surface area contributed by atoms with Crippen molar-refractivity contribution in [1.29, 1.82) is 0 Å².